The van der Waals surface area contributed by atoms with Gasteiger partial charge >= 0.3 is 5.97 Å². The summed E-state index contributed by atoms with van der Waals surface area (Å²) in [5.41, 5.74) is 2.76. The summed E-state index contributed by atoms with van der Waals surface area (Å²) < 4.78 is 0. The maximum Gasteiger partial charge on any atom is 0.354 e. The van der Waals surface area contributed by atoms with E-state index in [9.17, 15) is 9.90 Å². The summed E-state index contributed by atoms with van der Waals surface area (Å²) >= 11 is 0. The van der Waals surface area contributed by atoms with Gasteiger partial charge in [0.1, 0.15) is 11.3 Å². The zero-order valence-electron chi connectivity index (χ0n) is 12.2. The zero-order valence-corrected chi connectivity index (χ0v) is 12.2. The van der Waals surface area contributed by atoms with Crippen molar-refractivity contribution in [2.75, 3.05) is 0 Å². The van der Waals surface area contributed by atoms with Crippen molar-refractivity contribution in [2.24, 2.45) is 0 Å². The highest BCUT2D eigenvalue weighted by molar-refractivity contribution is 6.08. The van der Waals surface area contributed by atoms with E-state index in [0.717, 1.165) is 40.5 Å². The van der Waals surface area contributed by atoms with E-state index in [-0.39, 0.29) is 5.69 Å². The molecule has 0 bridgehead atoms. The highest BCUT2D eigenvalue weighted by Crippen LogP contribution is 2.37. The third kappa shape index (κ3) is 2.04. The lowest BCUT2D eigenvalue weighted by molar-refractivity contribution is 0.0690. The summed E-state index contributed by atoms with van der Waals surface area (Å²) in [7, 11) is 0. The number of pyridine rings is 2. The van der Waals surface area contributed by atoms with Crippen LogP contribution in [-0.2, 0) is 0 Å². The molecule has 0 aromatic carbocycles. The van der Waals surface area contributed by atoms with Crippen molar-refractivity contribution in [1.29, 1.82) is 0 Å². The van der Waals surface area contributed by atoms with Gasteiger partial charge in [-0.3, -0.25) is 0 Å². The molecule has 0 radical (unpaired) electrons. The lowest BCUT2D eigenvalue weighted by atomic mass is 9.86. The van der Waals surface area contributed by atoms with Crippen molar-refractivity contribution in [3.63, 3.8) is 0 Å². The van der Waals surface area contributed by atoms with Crippen molar-refractivity contribution in [3.8, 4) is 0 Å². The minimum atomic E-state index is -0.975. The smallest absolute Gasteiger partial charge is 0.354 e. The molecule has 0 aliphatic heterocycles. The second-order valence-corrected chi connectivity index (χ2v) is 5.98. The summed E-state index contributed by atoms with van der Waals surface area (Å²) in [4.78, 5) is 23.6. The number of aromatic amines is 1. The Morgan fingerprint density at radius 2 is 2.05 bits per heavy atom. The molecule has 3 aromatic heterocycles. The summed E-state index contributed by atoms with van der Waals surface area (Å²) in [6.45, 7) is 0. The highest BCUT2D eigenvalue weighted by Gasteiger charge is 2.23. The molecule has 0 amide bonds. The van der Waals surface area contributed by atoms with E-state index < -0.39 is 5.97 Å². The van der Waals surface area contributed by atoms with Crippen LogP contribution in [0, 0.1) is 0 Å². The van der Waals surface area contributed by atoms with Crippen LogP contribution < -0.4 is 0 Å². The van der Waals surface area contributed by atoms with Gasteiger partial charge in [0.2, 0.25) is 0 Å². The molecule has 0 atom stereocenters. The second-order valence-electron chi connectivity index (χ2n) is 5.98. The van der Waals surface area contributed by atoms with Crippen LogP contribution in [0.1, 0.15) is 54.2 Å². The number of aromatic carboxylic acids is 1. The lowest BCUT2D eigenvalue weighted by Crippen LogP contribution is -2.10. The van der Waals surface area contributed by atoms with E-state index in [1.807, 2.05) is 12.1 Å². The highest BCUT2D eigenvalue weighted by atomic mass is 16.4. The number of H-pyrrole nitrogens is 1. The first-order valence-corrected chi connectivity index (χ1v) is 7.74. The molecule has 3 aromatic rings. The standard InChI is InChI=1S/C17H17N3O2/c21-17(22)13-9-12-11-7-4-8-18-16(11)20-15(12)14(19-13)10-5-2-1-3-6-10/h4,7-10H,1-3,5-6H2,(H,18,20)(H,21,22). The van der Waals surface area contributed by atoms with E-state index in [1.54, 1.807) is 12.3 Å². The van der Waals surface area contributed by atoms with E-state index in [0.29, 0.717) is 5.92 Å². The number of rotatable bonds is 2. The predicted octanol–water partition coefficient (Wildman–Crippen LogP) is 3.86. The van der Waals surface area contributed by atoms with Gasteiger partial charge < -0.3 is 10.1 Å². The van der Waals surface area contributed by atoms with E-state index in [2.05, 4.69) is 15.0 Å². The fraction of sp³-hybridized carbons (Fsp3) is 0.353. The summed E-state index contributed by atoms with van der Waals surface area (Å²) in [6.07, 6.45) is 7.52. The van der Waals surface area contributed by atoms with Crippen LogP contribution in [0.2, 0.25) is 0 Å². The van der Waals surface area contributed by atoms with Crippen LogP contribution in [0.5, 0.6) is 0 Å². The maximum absolute atomic E-state index is 11.4. The molecule has 3 heterocycles. The normalized spacial score (nSPS) is 16.4. The number of carboxylic acid groups (broad SMARTS) is 1. The van der Waals surface area contributed by atoms with Gasteiger partial charge in [-0.1, -0.05) is 19.3 Å². The first-order chi connectivity index (χ1) is 10.7. The molecule has 2 N–H and O–H groups in total. The van der Waals surface area contributed by atoms with Crippen molar-refractivity contribution in [3.05, 3.63) is 35.8 Å². The molecule has 4 rings (SSSR count). The lowest BCUT2D eigenvalue weighted by Gasteiger charge is -2.21. The Balaban J connectivity index is 2.01. The SMILES string of the molecule is O=C(O)c1cc2c([nH]c3ncccc32)c(C2CCCCC2)n1. The molecule has 5 heteroatoms. The van der Waals surface area contributed by atoms with Gasteiger partial charge in [-0.25, -0.2) is 14.8 Å². The molecule has 0 saturated heterocycles. The quantitative estimate of drug-likeness (QED) is 0.752. The van der Waals surface area contributed by atoms with Crippen LogP contribution in [0.4, 0.5) is 0 Å². The minimum absolute atomic E-state index is 0.123. The van der Waals surface area contributed by atoms with Crippen molar-refractivity contribution in [1.82, 2.24) is 15.0 Å². The summed E-state index contributed by atoms with van der Waals surface area (Å²) in [5, 5.41) is 11.3. The Morgan fingerprint density at radius 1 is 1.23 bits per heavy atom. The zero-order chi connectivity index (χ0) is 15.1. The molecule has 1 saturated carbocycles. The predicted molar refractivity (Wildman–Crippen MR) is 84.2 cm³/mol. The average molecular weight is 295 g/mol. The molecule has 1 aliphatic carbocycles. The molecule has 22 heavy (non-hydrogen) atoms. The van der Waals surface area contributed by atoms with Crippen LogP contribution in [0.25, 0.3) is 21.9 Å². The third-order valence-corrected chi connectivity index (χ3v) is 4.60. The van der Waals surface area contributed by atoms with Crippen LogP contribution in [0.15, 0.2) is 24.4 Å². The monoisotopic (exact) mass is 295 g/mol. The Kier molecular flexibility index (Phi) is 3.06. The third-order valence-electron chi connectivity index (χ3n) is 4.60. The minimum Gasteiger partial charge on any atom is -0.477 e. The molecule has 0 unspecified atom stereocenters. The Bertz CT molecular complexity index is 863. The maximum atomic E-state index is 11.4. The second kappa shape index (κ2) is 5.09. The van der Waals surface area contributed by atoms with Gasteiger partial charge in [-0.2, -0.15) is 0 Å². The molecular formula is C17H17N3O2. The number of hydrogen-bond donors (Lipinski definition) is 2. The number of carboxylic acids is 1. The van der Waals surface area contributed by atoms with Gasteiger partial charge in [0, 0.05) is 22.9 Å². The van der Waals surface area contributed by atoms with E-state index in [1.165, 1.54) is 19.3 Å². The molecule has 0 spiro atoms. The van der Waals surface area contributed by atoms with Crippen LogP contribution in [-0.4, -0.2) is 26.0 Å². The van der Waals surface area contributed by atoms with E-state index in [4.69, 9.17) is 0 Å². The first-order valence-electron chi connectivity index (χ1n) is 7.74. The topological polar surface area (TPSA) is 78.9 Å². The Morgan fingerprint density at radius 3 is 2.82 bits per heavy atom. The fourth-order valence-corrected chi connectivity index (χ4v) is 3.53. The molecular weight excluding hydrogens is 278 g/mol. The summed E-state index contributed by atoms with van der Waals surface area (Å²) in [5.74, 6) is -0.638. The average Bonchev–Trinajstić information content (AvgIpc) is 2.93. The van der Waals surface area contributed by atoms with Crippen molar-refractivity contribution in [2.45, 2.75) is 38.0 Å². The van der Waals surface area contributed by atoms with Crippen molar-refractivity contribution >= 4 is 27.9 Å². The Hall–Kier alpha value is -2.43. The molecule has 1 fully saturated rings. The number of carbonyl (C=O) groups is 1. The fourth-order valence-electron chi connectivity index (χ4n) is 3.53. The van der Waals surface area contributed by atoms with Gasteiger partial charge in [0.15, 0.2) is 0 Å². The number of fused-ring (bicyclic) bond motifs is 3. The number of nitrogens with one attached hydrogen (secondary N) is 1. The van der Waals surface area contributed by atoms with Crippen LogP contribution in [0.3, 0.4) is 0 Å². The van der Waals surface area contributed by atoms with Crippen molar-refractivity contribution < 1.29 is 9.90 Å². The van der Waals surface area contributed by atoms with Crippen LogP contribution >= 0.6 is 0 Å². The van der Waals surface area contributed by atoms with Gasteiger partial charge in [0.25, 0.3) is 0 Å². The number of nitrogens with zero attached hydrogens (tertiary/aromatic N) is 2. The summed E-state index contributed by atoms with van der Waals surface area (Å²) in [6, 6.07) is 5.50. The molecule has 5 nitrogen and oxygen atoms in total. The molecule has 1 aliphatic rings. The first kappa shape index (κ1) is 13.2. The molecule has 112 valence electrons. The number of aromatic nitrogens is 3. The van der Waals surface area contributed by atoms with Gasteiger partial charge in [0.05, 0.1) is 11.2 Å². The van der Waals surface area contributed by atoms with Gasteiger partial charge in [-0.15, -0.1) is 0 Å². The Labute approximate surface area is 127 Å². The van der Waals surface area contributed by atoms with E-state index >= 15 is 0 Å². The largest absolute Gasteiger partial charge is 0.477 e. The number of hydrogen-bond acceptors (Lipinski definition) is 3. The van der Waals surface area contributed by atoms with Gasteiger partial charge in [-0.05, 0) is 31.0 Å².